The molecule has 0 saturated carbocycles. The van der Waals surface area contributed by atoms with E-state index in [0.717, 1.165) is 10.5 Å². The smallest absolute Gasteiger partial charge is 0.325 e. The summed E-state index contributed by atoms with van der Waals surface area (Å²) in [7, 11) is 0. The largest absolute Gasteiger partial charge is 0.332 e. The molecule has 5 amide bonds. The van der Waals surface area contributed by atoms with Gasteiger partial charge < -0.3 is 10.2 Å². The lowest BCUT2D eigenvalue weighted by Gasteiger charge is -2.22. The summed E-state index contributed by atoms with van der Waals surface area (Å²) in [6, 6.07) is 20.5. The van der Waals surface area contributed by atoms with Crippen molar-refractivity contribution in [3.05, 3.63) is 95.0 Å². The third kappa shape index (κ3) is 5.37. The van der Waals surface area contributed by atoms with E-state index in [1.54, 1.807) is 41.9 Å². The van der Waals surface area contributed by atoms with Crippen molar-refractivity contribution < 1.29 is 24.4 Å². The highest BCUT2D eigenvalue weighted by molar-refractivity contribution is 6.30. The normalized spacial score (nSPS) is 15.2. The molecule has 1 heterocycles. The first-order valence-electron chi connectivity index (χ1n) is 11.2. The van der Waals surface area contributed by atoms with Crippen LogP contribution in [-0.4, -0.2) is 39.9 Å². The Hall–Kier alpha value is -4.21. The van der Waals surface area contributed by atoms with Gasteiger partial charge in [0.05, 0.1) is 16.9 Å². The standard InChI is InChI=1S/C26H23ClN4O5/c27-18-10-12-19(13-11-18)31-25(34)22(30(26(31)35)16-17-6-2-1-3-7-17)14-15-23(32)28-21-9-5-4-8-20(21)24(33)29-36/h1-13,22,36H,14-16H2,(H,28,32)(H,29,33). The van der Waals surface area contributed by atoms with Gasteiger partial charge in [-0.25, -0.2) is 15.2 Å². The van der Waals surface area contributed by atoms with Crippen LogP contribution in [0.15, 0.2) is 78.9 Å². The first-order valence-corrected chi connectivity index (χ1v) is 11.5. The van der Waals surface area contributed by atoms with Crippen LogP contribution in [0.5, 0.6) is 0 Å². The van der Waals surface area contributed by atoms with Gasteiger partial charge in [-0.15, -0.1) is 0 Å². The van der Waals surface area contributed by atoms with Crippen molar-refractivity contribution in [1.29, 1.82) is 0 Å². The fourth-order valence-corrected chi connectivity index (χ4v) is 4.16. The summed E-state index contributed by atoms with van der Waals surface area (Å²) >= 11 is 5.96. The second kappa shape index (κ2) is 11.0. The average molecular weight is 507 g/mol. The molecule has 4 rings (SSSR count). The minimum Gasteiger partial charge on any atom is -0.325 e. The number of amides is 5. The fraction of sp³-hybridized carbons (Fsp3) is 0.154. The van der Waals surface area contributed by atoms with Crippen LogP contribution in [0, 0.1) is 0 Å². The number of carbonyl (C=O) groups excluding carboxylic acids is 4. The zero-order chi connectivity index (χ0) is 25.7. The second-order valence-electron chi connectivity index (χ2n) is 8.14. The van der Waals surface area contributed by atoms with Crippen LogP contribution in [-0.2, 0) is 16.1 Å². The molecular weight excluding hydrogens is 484 g/mol. The molecule has 1 fully saturated rings. The topological polar surface area (TPSA) is 119 Å². The number of anilines is 2. The van der Waals surface area contributed by atoms with E-state index >= 15 is 0 Å². The number of nitrogens with one attached hydrogen (secondary N) is 2. The number of nitrogens with zero attached hydrogens (tertiary/aromatic N) is 2. The lowest BCUT2D eigenvalue weighted by atomic mass is 10.1. The van der Waals surface area contributed by atoms with Gasteiger partial charge in [-0.05, 0) is 48.4 Å². The van der Waals surface area contributed by atoms with Gasteiger partial charge in [-0.2, -0.15) is 0 Å². The minimum absolute atomic E-state index is 0.0711. The molecule has 1 unspecified atom stereocenters. The lowest BCUT2D eigenvalue weighted by molar-refractivity contribution is -0.120. The first kappa shape index (κ1) is 24.9. The van der Waals surface area contributed by atoms with Crippen molar-refractivity contribution in [2.45, 2.75) is 25.4 Å². The van der Waals surface area contributed by atoms with E-state index in [4.69, 9.17) is 16.8 Å². The lowest BCUT2D eigenvalue weighted by Crippen LogP contribution is -2.35. The predicted octanol–water partition coefficient (Wildman–Crippen LogP) is 4.22. The number of carbonyl (C=O) groups is 4. The average Bonchev–Trinajstić information content (AvgIpc) is 3.12. The molecule has 3 aromatic rings. The number of para-hydroxylation sites is 1. The molecule has 36 heavy (non-hydrogen) atoms. The molecule has 0 aliphatic carbocycles. The van der Waals surface area contributed by atoms with E-state index in [0.29, 0.717) is 10.7 Å². The number of hydroxylamine groups is 1. The van der Waals surface area contributed by atoms with E-state index in [9.17, 15) is 19.2 Å². The zero-order valence-corrected chi connectivity index (χ0v) is 19.8. The van der Waals surface area contributed by atoms with Gasteiger partial charge in [0.2, 0.25) is 5.91 Å². The second-order valence-corrected chi connectivity index (χ2v) is 8.57. The van der Waals surface area contributed by atoms with Crippen molar-refractivity contribution in [1.82, 2.24) is 10.4 Å². The molecule has 3 aromatic carbocycles. The molecule has 9 nitrogen and oxygen atoms in total. The molecule has 1 aliphatic rings. The predicted molar refractivity (Wildman–Crippen MR) is 134 cm³/mol. The summed E-state index contributed by atoms with van der Waals surface area (Å²) in [6.07, 6.45) is -0.0137. The van der Waals surface area contributed by atoms with Crippen LogP contribution in [0.3, 0.4) is 0 Å². The number of imide groups is 1. The number of hydrogen-bond acceptors (Lipinski definition) is 5. The SMILES string of the molecule is O=C(CCC1C(=O)N(c2ccc(Cl)cc2)C(=O)N1Cc1ccccc1)Nc1ccccc1C(=O)NO. The Morgan fingerprint density at radius 1 is 0.917 bits per heavy atom. The van der Waals surface area contributed by atoms with Gasteiger partial charge in [-0.1, -0.05) is 54.1 Å². The monoisotopic (exact) mass is 506 g/mol. The van der Waals surface area contributed by atoms with E-state index in [2.05, 4.69) is 5.32 Å². The fourth-order valence-electron chi connectivity index (χ4n) is 4.03. The molecule has 184 valence electrons. The molecule has 3 N–H and O–H groups in total. The zero-order valence-electron chi connectivity index (χ0n) is 19.1. The van der Waals surface area contributed by atoms with Crippen LogP contribution in [0.1, 0.15) is 28.8 Å². The third-order valence-electron chi connectivity index (χ3n) is 5.79. The number of halogens is 1. The minimum atomic E-state index is -0.866. The Labute approximate surface area is 212 Å². The van der Waals surface area contributed by atoms with Gasteiger partial charge in [0.1, 0.15) is 6.04 Å². The van der Waals surface area contributed by atoms with Crippen LogP contribution >= 0.6 is 11.6 Å². The number of benzene rings is 3. The van der Waals surface area contributed by atoms with Crippen LogP contribution in [0.25, 0.3) is 0 Å². The maximum absolute atomic E-state index is 13.4. The van der Waals surface area contributed by atoms with Crippen molar-refractivity contribution in [2.75, 3.05) is 10.2 Å². The van der Waals surface area contributed by atoms with Gasteiger partial charge in [0.15, 0.2) is 0 Å². The van der Waals surface area contributed by atoms with Crippen LogP contribution in [0.2, 0.25) is 5.02 Å². The van der Waals surface area contributed by atoms with E-state index in [1.165, 1.54) is 17.0 Å². The highest BCUT2D eigenvalue weighted by Gasteiger charge is 2.45. The Morgan fingerprint density at radius 3 is 2.28 bits per heavy atom. The van der Waals surface area contributed by atoms with Gasteiger partial charge in [-0.3, -0.25) is 19.6 Å². The summed E-state index contributed by atoms with van der Waals surface area (Å²) in [5, 5.41) is 12.0. The van der Waals surface area contributed by atoms with Crippen LogP contribution in [0.4, 0.5) is 16.2 Å². The van der Waals surface area contributed by atoms with Crippen LogP contribution < -0.4 is 15.7 Å². The molecule has 1 atom stereocenters. The maximum atomic E-state index is 13.4. The summed E-state index contributed by atoms with van der Waals surface area (Å²) in [6.45, 7) is 0.196. The van der Waals surface area contributed by atoms with Crippen molar-refractivity contribution >= 4 is 46.7 Å². The Bertz CT molecular complexity index is 1280. The van der Waals surface area contributed by atoms with E-state index in [1.807, 2.05) is 30.3 Å². The van der Waals surface area contributed by atoms with E-state index in [-0.39, 0.29) is 30.6 Å². The number of rotatable bonds is 8. The summed E-state index contributed by atoms with van der Waals surface area (Å²) < 4.78 is 0. The Kier molecular flexibility index (Phi) is 7.62. The van der Waals surface area contributed by atoms with Gasteiger partial charge >= 0.3 is 6.03 Å². The maximum Gasteiger partial charge on any atom is 0.332 e. The molecule has 0 bridgehead atoms. The summed E-state index contributed by atoms with van der Waals surface area (Å²) in [5.74, 6) is -1.65. The Morgan fingerprint density at radius 2 is 1.58 bits per heavy atom. The molecule has 0 spiro atoms. The Balaban J connectivity index is 1.53. The molecule has 1 aliphatic heterocycles. The molecular formula is C26H23ClN4O5. The summed E-state index contributed by atoms with van der Waals surface area (Å²) in [4.78, 5) is 53.8. The molecule has 0 radical (unpaired) electrons. The van der Waals surface area contributed by atoms with Crippen molar-refractivity contribution in [3.63, 3.8) is 0 Å². The van der Waals surface area contributed by atoms with Crippen molar-refractivity contribution in [2.24, 2.45) is 0 Å². The molecule has 10 heteroatoms. The highest BCUT2D eigenvalue weighted by Crippen LogP contribution is 2.30. The van der Waals surface area contributed by atoms with Crippen molar-refractivity contribution in [3.8, 4) is 0 Å². The number of hydrogen-bond donors (Lipinski definition) is 3. The van der Waals surface area contributed by atoms with Gasteiger partial charge in [0.25, 0.3) is 11.8 Å². The summed E-state index contributed by atoms with van der Waals surface area (Å²) in [5.41, 5.74) is 3.07. The van der Waals surface area contributed by atoms with E-state index < -0.39 is 29.8 Å². The number of urea groups is 1. The first-order chi connectivity index (χ1) is 17.4. The molecule has 0 aromatic heterocycles. The highest BCUT2D eigenvalue weighted by atomic mass is 35.5. The third-order valence-corrected chi connectivity index (χ3v) is 6.04. The van der Waals surface area contributed by atoms with Gasteiger partial charge in [0, 0.05) is 18.0 Å². The molecule has 1 saturated heterocycles. The quantitative estimate of drug-likeness (QED) is 0.240.